The lowest BCUT2D eigenvalue weighted by Gasteiger charge is -2.32. The van der Waals surface area contributed by atoms with Crippen LogP contribution in [0.25, 0.3) is 0 Å². The summed E-state index contributed by atoms with van der Waals surface area (Å²) in [6.45, 7) is 4.48. The molecular weight excluding hydrogens is 256 g/mol. The van der Waals surface area contributed by atoms with Gasteiger partial charge in [-0.15, -0.1) is 0 Å². The molecule has 5 nitrogen and oxygen atoms in total. The Labute approximate surface area is 118 Å². The Balaban J connectivity index is 1.86. The number of likely N-dealkylation sites (tertiary alicyclic amines) is 1. The van der Waals surface area contributed by atoms with Gasteiger partial charge in [-0.2, -0.15) is 0 Å². The molecule has 3 atom stereocenters. The Morgan fingerprint density at radius 2 is 2.15 bits per heavy atom. The minimum Gasteiger partial charge on any atom is -0.480 e. The van der Waals surface area contributed by atoms with Crippen molar-refractivity contribution in [3.05, 3.63) is 17.0 Å². The van der Waals surface area contributed by atoms with Crippen molar-refractivity contribution in [1.29, 1.82) is 0 Å². The van der Waals surface area contributed by atoms with E-state index in [-0.39, 0.29) is 6.04 Å². The van der Waals surface area contributed by atoms with Crippen LogP contribution in [0.5, 0.6) is 0 Å². The zero-order valence-corrected chi connectivity index (χ0v) is 12.1. The van der Waals surface area contributed by atoms with Gasteiger partial charge >= 0.3 is 5.97 Å². The van der Waals surface area contributed by atoms with Crippen LogP contribution < -0.4 is 0 Å². The monoisotopic (exact) mass is 278 g/mol. The molecule has 0 radical (unpaired) electrons. The van der Waals surface area contributed by atoms with Crippen molar-refractivity contribution in [2.24, 2.45) is 5.92 Å². The van der Waals surface area contributed by atoms with E-state index in [9.17, 15) is 9.90 Å². The molecule has 1 saturated carbocycles. The molecule has 1 saturated heterocycles. The number of carboxylic acids is 1. The fourth-order valence-corrected chi connectivity index (χ4v) is 3.93. The van der Waals surface area contributed by atoms with Gasteiger partial charge in [0.05, 0.1) is 5.69 Å². The maximum absolute atomic E-state index is 11.6. The quantitative estimate of drug-likeness (QED) is 0.920. The van der Waals surface area contributed by atoms with Crippen LogP contribution in [0.1, 0.15) is 49.1 Å². The Morgan fingerprint density at radius 1 is 1.40 bits per heavy atom. The fraction of sp³-hybridized carbons (Fsp3) is 0.733. The number of aliphatic carboxylic acids is 1. The summed E-state index contributed by atoms with van der Waals surface area (Å²) in [5.41, 5.74) is 1.94. The molecule has 2 heterocycles. The lowest BCUT2D eigenvalue weighted by Crippen LogP contribution is -2.41. The molecule has 2 fully saturated rings. The average molecular weight is 278 g/mol. The van der Waals surface area contributed by atoms with Crippen molar-refractivity contribution in [1.82, 2.24) is 10.1 Å². The summed E-state index contributed by atoms with van der Waals surface area (Å²) < 4.78 is 5.21. The van der Waals surface area contributed by atoms with Crippen molar-refractivity contribution in [3.8, 4) is 0 Å². The van der Waals surface area contributed by atoms with Gasteiger partial charge in [0.25, 0.3) is 0 Å². The van der Waals surface area contributed by atoms with Crippen LogP contribution in [0.3, 0.4) is 0 Å². The SMILES string of the molecule is Cc1noc(C)c1CN1[C@@H]2CCCC[C@@H]2C[C@H]1C(=O)O. The van der Waals surface area contributed by atoms with E-state index in [0.29, 0.717) is 18.5 Å². The zero-order valence-electron chi connectivity index (χ0n) is 12.1. The highest BCUT2D eigenvalue weighted by atomic mass is 16.5. The molecule has 3 rings (SSSR count). The molecule has 0 unspecified atom stereocenters. The molecule has 1 aliphatic carbocycles. The van der Waals surface area contributed by atoms with Crippen molar-refractivity contribution >= 4 is 5.97 Å². The summed E-state index contributed by atoms with van der Waals surface area (Å²) in [5.74, 6) is 0.669. The number of fused-ring (bicyclic) bond motifs is 1. The summed E-state index contributed by atoms with van der Waals surface area (Å²) in [5, 5.41) is 13.5. The maximum atomic E-state index is 11.6. The molecule has 1 aromatic heterocycles. The number of nitrogens with zero attached hydrogens (tertiary/aromatic N) is 2. The minimum atomic E-state index is -0.689. The molecule has 2 aliphatic rings. The molecule has 20 heavy (non-hydrogen) atoms. The number of rotatable bonds is 3. The Bertz CT molecular complexity index is 492. The second-order valence-electron chi connectivity index (χ2n) is 6.18. The minimum absolute atomic E-state index is 0.350. The first-order valence-electron chi connectivity index (χ1n) is 7.48. The van der Waals surface area contributed by atoms with E-state index in [1.54, 1.807) is 0 Å². The summed E-state index contributed by atoms with van der Waals surface area (Å²) in [4.78, 5) is 13.8. The number of aromatic nitrogens is 1. The van der Waals surface area contributed by atoms with Crippen LogP contribution in [0, 0.1) is 19.8 Å². The van der Waals surface area contributed by atoms with E-state index in [0.717, 1.165) is 29.9 Å². The molecule has 0 aromatic carbocycles. The van der Waals surface area contributed by atoms with E-state index >= 15 is 0 Å². The van der Waals surface area contributed by atoms with Crippen LogP contribution >= 0.6 is 0 Å². The van der Waals surface area contributed by atoms with Crippen LogP contribution in [-0.2, 0) is 11.3 Å². The van der Waals surface area contributed by atoms with Gasteiger partial charge in [0.2, 0.25) is 0 Å². The van der Waals surface area contributed by atoms with Crippen LogP contribution in [0.15, 0.2) is 4.52 Å². The van der Waals surface area contributed by atoms with Crippen LogP contribution in [-0.4, -0.2) is 33.2 Å². The van der Waals surface area contributed by atoms with E-state index in [1.807, 2.05) is 13.8 Å². The smallest absolute Gasteiger partial charge is 0.320 e. The Hall–Kier alpha value is -1.36. The van der Waals surface area contributed by atoms with Crippen LogP contribution in [0.4, 0.5) is 0 Å². The molecule has 110 valence electrons. The molecule has 1 N–H and O–H groups in total. The fourth-order valence-electron chi connectivity index (χ4n) is 3.93. The number of hydrogen-bond donors (Lipinski definition) is 1. The molecule has 1 aromatic rings. The van der Waals surface area contributed by atoms with Gasteiger partial charge in [0, 0.05) is 18.2 Å². The van der Waals surface area contributed by atoms with Crippen molar-refractivity contribution in [2.45, 2.75) is 64.6 Å². The first kappa shape index (κ1) is 13.6. The molecule has 1 aliphatic heterocycles. The Morgan fingerprint density at radius 3 is 2.80 bits per heavy atom. The van der Waals surface area contributed by atoms with E-state index in [4.69, 9.17) is 4.52 Å². The van der Waals surface area contributed by atoms with Gasteiger partial charge < -0.3 is 9.63 Å². The van der Waals surface area contributed by atoms with E-state index in [1.165, 1.54) is 19.3 Å². The van der Waals surface area contributed by atoms with Crippen molar-refractivity contribution < 1.29 is 14.4 Å². The normalized spacial score (nSPS) is 30.4. The molecule has 0 spiro atoms. The predicted molar refractivity (Wildman–Crippen MR) is 73.3 cm³/mol. The van der Waals surface area contributed by atoms with E-state index in [2.05, 4.69) is 10.1 Å². The first-order valence-corrected chi connectivity index (χ1v) is 7.48. The second-order valence-corrected chi connectivity index (χ2v) is 6.18. The molecule has 0 amide bonds. The molecule has 0 bridgehead atoms. The summed E-state index contributed by atoms with van der Waals surface area (Å²) in [6.07, 6.45) is 5.55. The molecular formula is C15H22N2O3. The number of carbonyl (C=O) groups is 1. The number of carboxylic acid groups (broad SMARTS) is 1. The van der Waals surface area contributed by atoms with Gasteiger partial charge in [-0.25, -0.2) is 0 Å². The van der Waals surface area contributed by atoms with Gasteiger partial charge in [-0.05, 0) is 39.0 Å². The topological polar surface area (TPSA) is 66.6 Å². The van der Waals surface area contributed by atoms with Gasteiger partial charge in [-0.1, -0.05) is 18.0 Å². The molecule has 5 heteroatoms. The van der Waals surface area contributed by atoms with E-state index < -0.39 is 5.97 Å². The predicted octanol–water partition coefficient (Wildman–Crippen LogP) is 2.51. The first-order chi connectivity index (χ1) is 9.58. The lowest BCUT2D eigenvalue weighted by atomic mass is 9.84. The summed E-state index contributed by atoms with van der Waals surface area (Å²) in [7, 11) is 0. The van der Waals surface area contributed by atoms with Gasteiger partial charge in [-0.3, -0.25) is 9.69 Å². The highest BCUT2D eigenvalue weighted by Gasteiger charge is 2.45. The maximum Gasteiger partial charge on any atom is 0.320 e. The van der Waals surface area contributed by atoms with Gasteiger partial charge in [0.1, 0.15) is 11.8 Å². The lowest BCUT2D eigenvalue weighted by molar-refractivity contribution is -0.142. The summed E-state index contributed by atoms with van der Waals surface area (Å²) in [6, 6.07) is 0.0651. The van der Waals surface area contributed by atoms with Crippen molar-refractivity contribution in [2.75, 3.05) is 0 Å². The average Bonchev–Trinajstić information content (AvgIpc) is 2.94. The Kier molecular flexibility index (Phi) is 3.54. The standard InChI is InChI=1S/C15H22N2O3/c1-9-12(10(2)20-16-9)8-17-13-6-4-3-5-11(13)7-14(17)15(18)19/h11,13-14H,3-8H2,1-2H3,(H,18,19)/t11-,13-,14+/m1/s1. The largest absolute Gasteiger partial charge is 0.480 e. The number of hydrogen-bond acceptors (Lipinski definition) is 4. The van der Waals surface area contributed by atoms with Crippen molar-refractivity contribution in [3.63, 3.8) is 0 Å². The third-order valence-corrected chi connectivity index (χ3v) is 5.03. The zero-order chi connectivity index (χ0) is 14.3. The highest BCUT2D eigenvalue weighted by molar-refractivity contribution is 5.74. The highest BCUT2D eigenvalue weighted by Crippen LogP contribution is 2.40. The van der Waals surface area contributed by atoms with Gasteiger partial charge in [0.15, 0.2) is 0 Å². The third-order valence-electron chi connectivity index (χ3n) is 5.03. The summed E-state index contributed by atoms with van der Waals surface area (Å²) >= 11 is 0. The second kappa shape index (κ2) is 5.20. The van der Waals surface area contributed by atoms with Crippen LogP contribution in [0.2, 0.25) is 0 Å². The third kappa shape index (κ3) is 2.24. The number of aryl methyl sites for hydroxylation is 2.